The standard InChI is InChI=1S/C10H22N2/c1-4-7-12-8-9(11)5-6-10(12,2)3/h9H,4-8,11H2,1-3H3. The molecule has 0 radical (unpaired) electrons. The number of hydrogen-bond donors (Lipinski definition) is 1. The van der Waals surface area contributed by atoms with Gasteiger partial charge in [0.1, 0.15) is 0 Å². The van der Waals surface area contributed by atoms with E-state index in [1.807, 2.05) is 0 Å². The summed E-state index contributed by atoms with van der Waals surface area (Å²) in [6.45, 7) is 9.17. The van der Waals surface area contributed by atoms with Gasteiger partial charge in [0.2, 0.25) is 0 Å². The van der Waals surface area contributed by atoms with Crippen molar-refractivity contribution in [2.24, 2.45) is 5.73 Å². The van der Waals surface area contributed by atoms with Gasteiger partial charge in [-0.15, -0.1) is 0 Å². The van der Waals surface area contributed by atoms with Crippen molar-refractivity contribution in [3.05, 3.63) is 0 Å². The minimum Gasteiger partial charge on any atom is -0.327 e. The molecule has 1 heterocycles. The predicted molar refractivity (Wildman–Crippen MR) is 53.2 cm³/mol. The zero-order valence-electron chi connectivity index (χ0n) is 8.64. The lowest BCUT2D eigenvalue weighted by molar-refractivity contribution is 0.0664. The molecule has 1 aliphatic rings. The maximum Gasteiger partial charge on any atom is 0.0168 e. The summed E-state index contributed by atoms with van der Waals surface area (Å²) in [6.07, 6.45) is 3.66. The highest BCUT2D eigenvalue weighted by Crippen LogP contribution is 2.26. The number of nitrogens with two attached hydrogens (primary N) is 1. The van der Waals surface area contributed by atoms with Crippen LogP contribution in [0.2, 0.25) is 0 Å². The Hall–Kier alpha value is -0.0800. The van der Waals surface area contributed by atoms with Gasteiger partial charge in [0.25, 0.3) is 0 Å². The third kappa shape index (κ3) is 2.20. The second-order valence-electron chi connectivity index (χ2n) is 4.56. The Bertz CT molecular complexity index is 143. The van der Waals surface area contributed by atoms with Crippen LogP contribution in [0.5, 0.6) is 0 Å². The fraction of sp³-hybridized carbons (Fsp3) is 1.00. The molecule has 72 valence electrons. The Kier molecular flexibility index (Phi) is 3.13. The van der Waals surface area contributed by atoms with Crippen molar-refractivity contribution >= 4 is 0 Å². The summed E-state index contributed by atoms with van der Waals surface area (Å²) in [5, 5.41) is 0. The van der Waals surface area contributed by atoms with Gasteiger partial charge in [-0.1, -0.05) is 6.92 Å². The number of piperidine rings is 1. The summed E-state index contributed by atoms with van der Waals surface area (Å²) in [4.78, 5) is 2.53. The fourth-order valence-electron chi connectivity index (χ4n) is 1.98. The van der Waals surface area contributed by atoms with Gasteiger partial charge in [0.15, 0.2) is 0 Å². The summed E-state index contributed by atoms with van der Waals surface area (Å²) in [7, 11) is 0. The number of likely N-dealkylation sites (tertiary alicyclic amines) is 1. The number of rotatable bonds is 2. The first-order valence-electron chi connectivity index (χ1n) is 5.07. The quantitative estimate of drug-likeness (QED) is 0.682. The van der Waals surface area contributed by atoms with Crippen LogP contribution in [0.25, 0.3) is 0 Å². The van der Waals surface area contributed by atoms with E-state index in [4.69, 9.17) is 5.73 Å². The van der Waals surface area contributed by atoms with Crippen molar-refractivity contribution in [1.82, 2.24) is 4.90 Å². The number of nitrogens with zero attached hydrogens (tertiary/aromatic N) is 1. The Morgan fingerprint density at radius 1 is 1.50 bits per heavy atom. The first-order chi connectivity index (χ1) is 5.56. The van der Waals surface area contributed by atoms with Gasteiger partial charge in [-0.25, -0.2) is 0 Å². The van der Waals surface area contributed by atoms with E-state index in [-0.39, 0.29) is 0 Å². The molecule has 1 saturated heterocycles. The molecule has 2 nitrogen and oxygen atoms in total. The lowest BCUT2D eigenvalue weighted by Gasteiger charge is -2.44. The Morgan fingerprint density at radius 2 is 2.17 bits per heavy atom. The van der Waals surface area contributed by atoms with Crippen LogP contribution in [0.15, 0.2) is 0 Å². The van der Waals surface area contributed by atoms with Crippen molar-refractivity contribution in [1.29, 1.82) is 0 Å². The maximum atomic E-state index is 5.93. The third-order valence-corrected chi connectivity index (χ3v) is 2.93. The van der Waals surface area contributed by atoms with Gasteiger partial charge in [-0.2, -0.15) is 0 Å². The highest BCUT2D eigenvalue weighted by atomic mass is 15.2. The predicted octanol–water partition coefficient (Wildman–Crippen LogP) is 1.60. The van der Waals surface area contributed by atoms with E-state index in [9.17, 15) is 0 Å². The molecule has 2 N–H and O–H groups in total. The molecule has 1 rings (SSSR count). The average molecular weight is 170 g/mol. The topological polar surface area (TPSA) is 29.3 Å². The van der Waals surface area contributed by atoms with Crippen LogP contribution in [0.4, 0.5) is 0 Å². The summed E-state index contributed by atoms with van der Waals surface area (Å²) in [6, 6.07) is 0.407. The van der Waals surface area contributed by atoms with E-state index >= 15 is 0 Å². The largest absolute Gasteiger partial charge is 0.327 e. The van der Waals surface area contributed by atoms with Crippen molar-refractivity contribution in [3.63, 3.8) is 0 Å². The normalized spacial score (nSPS) is 30.5. The van der Waals surface area contributed by atoms with Crippen LogP contribution < -0.4 is 5.73 Å². The van der Waals surface area contributed by atoms with Crippen LogP contribution in [0.1, 0.15) is 40.0 Å². The fourth-order valence-corrected chi connectivity index (χ4v) is 1.98. The van der Waals surface area contributed by atoms with Crippen LogP contribution in [0, 0.1) is 0 Å². The molecule has 0 saturated carbocycles. The van der Waals surface area contributed by atoms with Crippen molar-refractivity contribution in [2.45, 2.75) is 51.6 Å². The molecule has 0 aromatic carbocycles. The van der Waals surface area contributed by atoms with E-state index in [0.717, 1.165) is 6.54 Å². The van der Waals surface area contributed by atoms with Crippen LogP contribution >= 0.6 is 0 Å². The Labute approximate surface area is 76.1 Å². The van der Waals surface area contributed by atoms with Crippen LogP contribution in [-0.4, -0.2) is 29.6 Å². The van der Waals surface area contributed by atoms with Crippen LogP contribution in [0.3, 0.4) is 0 Å². The molecule has 1 fully saturated rings. The average Bonchev–Trinajstić information content (AvgIpc) is 1.98. The lowest BCUT2D eigenvalue weighted by atomic mass is 9.88. The maximum absolute atomic E-state index is 5.93. The molecular formula is C10H22N2. The smallest absolute Gasteiger partial charge is 0.0168 e. The van der Waals surface area contributed by atoms with Gasteiger partial charge in [-0.05, 0) is 39.7 Å². The SMILES string of the molecule is CCCN1CC(N)CCC1(C)C. The Balaban J connectivity index is 2.52. The van der Waals surface area contributed by atoms with Gasteiger partial charge in [-0.3, -0.25) is 4.90 Å². The summed E-state index contributed by atoms with van der Waals surface area (Å²) in [5.74, 6) is 0. The highest BCUT2D eigenvalue weighted by molar-refractivity contribution is 4.89. The van der Waals surface area contributed by atoms with E-state index in [0.29, 0.717) is 11.6 Å². The molecule has 12 heavy (non-hydrogen) atoms. The van der Waals surface area contributed by atoms with Gasteiger partial charge in [0, 0.05) is 18.1 Å². The summed E-state index contributed by atoms with van der Waals surface area (Å²) in [5.41, 5.74) is 6.32. The molecule has 1 unspecified atom stereocenters. The Morgan fingerprint density at radius 3 is 2.75 bits per heavy atom. The van der Waals surface area contributed by atoms with E-state index in [1.54, 1.807) is 0 Å². The van der Waals surface area contributed by atoms with E-state index < -0.39 is 0 Å². The van der Waals surface area contributed by atoms with Gasteiger partial charge in [0.05, 0.1) is 0 Å². The third-order valence-electron chi connectivity index (χ3n) is 2.93. The molecule has 0 amide bonds. The van der Waals surface area contributed by atoms with Crippen molar-refractivity contribution < 1.29 is 0 Å². The lowest BCUT2D eigenvalue weighted by Crippen LogP contribution is -2.54. The minimum absolute atomic E-state index is 0.381. The van der Waals surface area contributed by atoms with E-state index in [2.05, 4.69) is 25.7 Å². The van der Waals surface area contributed by atoms with E-state index in [1.165, 1.54) is 25.8 Å². The molecular weight excluding hydrogens is 148 g/mol. The zero-order chi connectivity index (χ0) is 9.19. The first-order valence-corrected chi connectivity index (χ1v) is 5.07. The molecule has 0 bridgehead atoms. The second kappa shape index (κ2) is 3.75. The molecule has 0 spiro atoms. The molecule has 1 aliphatic heterocycles. The zero-order valence-corrected chi connectivity index (χ0v) is 8.64. The molecule has 0 aromatic rings. The minimum atomic E-state index is 0.381. The molecule has 1 atom stereocenters. The second-order valence-corrected chi connectivity index (χ2v) is 4.56. The molecule has 0 aliphatic carbocycles. The monoisotopic (exact) mass is 170 g/mol. The van der Waals surface area contributed by atoms with Crippen molar-refractivity contribution in [2.75, 3.05) is 13.1 Å². The van der Waals surface area contributed by atoms with Gasteiger partial charge < -0.3 is 5.73 Å². The summed E-state index contributed by atoms with van der Waals surface area (Å²) < 4.78 is 0. The van der Waals surface area contributed by atoms with Gasteiger partial charge >= 0.3 is 0 Å². The molecule has 2 heteroatoms. The highest BCUT2D eigenvalue weighted by Gasteiger charge is 2.31. The van der Waals surface area contributed by atoms with Crippen LogP contribution in [-0.2, 0) is 0 Å². The van der Waals surface area contributed by atoms with Crippen molar-refractivity contribution in [3.8, 4) is 0 Å². The first kappa shape index (κ1) is 10.0. The molecule has 0 aromatic heterocycles. The number of hydrogen-bond acceptors (Lipinski definition) is 2. The summed E-state index contributed by atoms with van der Waals surface area (Å²) >= 11 is 0.